The van der Waals surface area contributed by atoms with Gasteiger partial charge in [0.25, 0.3) is 0 Å². The summed E-state index contributed by atoms with van der Waals surface area (Å²) in [5.41, 5.74) is 3.12. The molecule has 130 valence electrons. The van der Waals surface area contributed by atoms with Crippen LogP contribution in [0.25, 0.3) is 11.3 Å². The van der Waals surface area contributed by atoms with Gasteiger partial charge in [-0.05, 0) is 32.9 Å². The van der Waals surface area contributed by atoms with Crippen LogP contribution in [0.1, 0.15) is 20.8 Å². The summed E-state index contributed by atoms with van der Waals surface area (Å²) in [5, 5.41) is 11.9. The Kier molecular flexibility index (Phi) is 5.48. The summed E-state index contributed by atoms with van der Waals surface area (Å²) >= 11 is 0. The molecule has 1 fully saturated rings. The minimum atomic E-state index is 0.300. The Hall–Kier alpha value is -1.92. The Morgan fingerprint density at radius 2 is 2.00 bits per heavy atom. The van der Waals surface area contributed by atoms with Crippen molar-refractivity contribution in [3.63, 3.8) is 0 Å². The van der Waals surface area contributed by atoms with Crippen LogP contribution in [0.3, 0.4) is 0 Å². The van der Waals surface area contributed by atoms with Gasteiger partial charge in [-0.3, -0.25) is 9.58 Å². The van der Waals surface area contributed by atoms with Gasteiger partial charge in [0.1, 0.15) is 5.69 Å². The fourth-order valence-corrected chi connectivity index (χ4v) is 3.24. The molecule has 0 aliphatic carbocycles. The van der Waals surface area contributed by atoms with Gasteiger partial charge in [0.15, 0.2) is 0 Å². The molecule has 1 saturated heterocycles. The first-order valence-electron chi connectivity index (χ1n) is 8.76. The van der Waals surface area contributed by atoms with E-state index in [9.17, 15) is 0 Å². The third kappa shape index (κ3) is 4.33. The highest BCUT2D eigenvalue weighted by Gasteiger charge is 2.21. The second-order valence-electron chi connectivity index (χ2n) is 6.49. The highest BCUT2D eigenvalue weighted by molar-refractivity contribution is 5.64. The summed E-state index contributed by atoms with van der Waals surface area (Å²) < 4.78 is 7.71. The van der Waals surface area contributed by atoms with Gasteiger partial charge in [0, 0.05) is 37.4 Å². The zero-order valence-corrected chi connectivity index (χ0v) is 14.8. The molecule has 2 unspecified atom stereocenters. The number of ether oxygens (including phenoxy) is 1. The Bertz CT molecular complexity index is 646. The molecule has 6 nitrogen and oxygen atoms in total. The van der Waals surface area contributed by atoms with Crippen molar-refractivity contribution >= 4 is 5.69 Å². The highest BCUT2D eigenvalue weighted by Crippen LogP contribution is 2.20. The van der Waals surface area contributed by atoms with E-state index in [2.05, 4.69) is 59.5 Å². The molecule has 1 aliphatic heterocycles. The summed E-state index contributed by atoms with van der Waals surface area (Å²) in [7, 11) is 0. The average Bonchev–Trinajstić information content (AvgIpc) is 3.02. The zero-order valence-electron chi connectivity index (χ0n) is 14.8. The maximum absolute atomic E-state index is 5.78. The molecule has 3 rings (SSSR count). The van der Waals surface area contributed by atoms with Crippen LogP contribution in [0.5, 0.6) is 0 Å². The molecule has 1 aromatic heterocycles. The SMILES string of the molecule is CCNc1cccc(-c2cn(CCN3CC(C)OC(C)C3)nn2)c1. The number of hydrogen-bond donors (Lipinski definition) is 1. The van der Waals surface area contributed by atoms with Gasteiger partial charge in [-0.1, -0.05) is 17.3 Å². The lowest BCUT2D eigenvalue weighted by atomic mass is 10.1. The maximum atomic E-state index is 5.78. The summed E-state index contributed by atoms with van der Waals surface area (Å²) in [6.07, 6.45) is 2.63. The lowest BCUT2D eigenvalue weighted by molar-refractivity contribution is -0.0687. The predicted octanol–water partition coefficient (Wildman–Crippen LogP) is 2.49. The van der Waals surface area contributed by atoms with Crippen LogP contribution in [0.15, 0.2) is 30.5 Å². The lowest BCUT2D eigenvalue weighted by Crippen LogP contribution is -2.46. The molecule has 24 heavy (non-hydrogen) atoms. The Balaban J connectivity index is 1.60. The third-order valence-corrected chi connectivity index (χ3v) is 4.22. The largest absolute Gasteiger partial charge is 0.385 e. The first kappa shape index (κ1) is 16.9. The van der Waals surface area contributed by atoms with E-state index in [4.69, 9.17) is 4.74 Å². The zero-order chi connectivity index (χ0) is 16.9. The molecule has 6 heteroatoms. The van der Waals surface area contributed by atoms with E-state index >= 15 is 0 Å². The van der Waals surface area contributed by atoms with Gasteiger partial charge in [0.2, 0.25) is 0 Å². The number of nitrogens with zero attached hydrogens (tertiary/aromatic N) is 4. The van der Waals surface area contributed by atoms with E-state index < -0.39 is 0 Å². The summed E-state index contributed by atoms with van der Waals surface area (Å²) in [6.45, 7) is 11.1. The van der Waals surface area contributed by atoms with Crippen molar-refractivity contribution in [3.05, 3.63) is 30.5 Å². The van der Waals surface area contributed by atoms with Crippen LogP contribution < -0.4 is 5.32 Å². The molecule has 0 radical (unpaired) electrons. The predicted molar refractivity (Wildman–Crippen MR) is 96.1 cm³/mol. The standard InChI is InChI=1S/C18H27N5O/c1-4-19-17-7-5-6-16(10-17)18-13-23(21-20-18)9-8-22-11-14(2)24-15(3)12-22/h5-7,10,13-15,19H,4,8-9,11-12H2,1-3H3. The number of rotatable bonds is 6. The maximum Gasteiger partial charge on any atom is 0.113 e. The topological polar surface area (TPSA) is 55.2 Å². The quantitative estimate of drug-likeness (QED) is 0.882. The fourth-order valence-electron chi connectivity index (χ4n) is 3.24. The number of benzene rings is 1. The summed E-state index contributed by atoms with van der Waals surface area (Å²) in [5.74, 6) is 0. The van der Waals surface area contributed by atoms with Crippen molar-refractivity contribution in [2.45, 2.75) is 39.5 Å². The van der Waals surface area contributed by atoms with Crippen molar-refractivity contribution in [2.75, 3.05) is 31.5 Å². The van der Waals surface area contributed by atoms with Crippen LogP contribution >= 0.6 is 0 Å². The Morgan fingerprint density at radius 3 is 2.75 bits per heavy atom. The van der Waals surface area contributed by atoms with E-state index in [1.165, 1.54) is 0 Å². The molecule has 0 amide bonds. The fraction of sp³-hybridized carbons (Fsp3) is 0.556. The van der Waals surface area contributed by atoms with Gasteiger partial charge in [0.05, 0.1) is 24.9 Å². The van der Waals surface area contributed by atoms with Crippen molar-refractivity contribution in [1.29, 1.82) is 0 Å². The van der Waals surface area contributed by atoms with Crippen molar-refractivity contribution in [1.82, 2.24) is 19.9 Å². The molecular formula is C18H27N5O. The van der Waals surface area contributed by atoms with Crippen molar-refractivity contribution in [2.24, 2.45) is 0 Å². The van der Waals surface area contributed by atoms with E-state index in [1.807, 2.05) is 16.9 Å². The molecule has 2 heterocycles. The number of anilines is 1. The molecule has 1 aliphatic rings. The minimum absolute atomic E-state index is 0.300. The van der Waals surface area contributed by atoms with Gasteiger partial charge < -0.3 is 10.1 Å². The molecule has 0 bridgehead atoms. The normalized spacial score (nSPS) is 21.8. The minimum Gasteiger partial charge on any atom is -0.385 e. The number of nitrogens with one attached hydrogen (secondary N) is 1. The van der Waals surface area contributed by atoms with E-state index in [-0.39, 0.29) is 0 Å². The van der Waals surface area contributed by atoms with Gasteiger partial charge >= 0.3 is 0 Å². The third-order valence-electron chi connectivity index (χ3n) is 4.22. The van der Waals surface area contributed by atoms with Crippen LogP contribution in [-0.2, 0) is 11.3 Å². The molecule has 2 atom stereocenters. The van der Waals surface area contributed by atoms with Crippen LogP contribution in [0.2, 0.25) is 0 Å². The molecule has 2 aromatic rings. The first-order chi connectivity index (χ1) is 11.6. The Labute approximate surface area is 143 Å². The lowest BCUT2D eigenvalue weighted by Gasteiger charge is -2.35. The summed E-state index contributed by atoms with van der Waals surface area (Å²) in [4.78, 5) is 2.44. The van der Waals surface area contributed by atoms with E-state index in [0.717, 1.165) is 49.7 Å². The summed E-state index contributed by atoms with van der Waals surface area (Å²) in [6, 6.07) is 8.30. The van der Waals surface area contributed by atoms with Crippen molar-refractivity contribution < 1.29 is 4.74 Å². The number of aromatic nitrogens is 3. The van der Waals surface area contributed by atoms with E-state index in [1.54, 1.807) is 0 Å². The highest BCUT2D eigenvalue weighted by atomic mass is 16.5. The molecule has 1 aromatic carbocycles. The van der Waals surface area contributed by atoms with Crippen molar-refractivity contribution in [3.8, 4) is 11.3 Å². The average molecular weight is 329 g/mol. The number of morpholine rings is 1. The molecule has 1 N–H and O–H groups in total. The van der Waals surface area contributed by atoms with Gasteiger partial charge in [-0.15, -0.1) is 5.10 Å². The molecule has 0 saturated carbocycles. The van der Waals surface area contributed by atoms with Gasteiger partial charge in [-0.25, -0.2) is 0 Å². The first-order valence-corrected chi connectivity index (χ1v) is 8.76. The molecular weight excluding hydrogens is 302 g/mol. The monoisotopic (exact) mass is 329 g/mol. The van der Waals surface area contributed by atoms with Gasteiger partial charge in [-0.2, -0.15) is 0 Å². The smallest absolute Gasteiger partial charge is 0.113 e. The van der Waals surface area contributed by atoms with Crippen LogP contribution in [0, 0.1) is 0 Å². The molecule has 0 spiro atoms. The second-order valence-corrected chi connectivity index (χ2v) is 6.49. The van der Waals surface area contributed by atoms with E-state index in [0.29, 0.717) is 12.2 Å². The van der Waals surface area contributed by atoms with Crippen LogP contribution in [-0.4, -0.2) is 58.3 Å². The number of hydrogen-bond acceptors (Lipinski definition) is 5. The second kappa shape index (κ2) is 7.77. The van der Waals surface area contributed by atoms with Crippen LogP contribution in [0.4, 0.5) is 5.69 Å². The Morgan fingerprint density at radius 1 is 1.21 bits per heavy atom.